The van der Waals surface area contributed by atoms with E-state index in [0.717, 1.165) is 19.5 Å². The first-order chi connectivity index (χ1) is 7.71. The van der Waals surface area contributed by atoms with E-state index >= 15 is 0 Å². The van der Waals surface area contributed by atoms with Crippen LogP contribution < -0.4 is 5.73 Å². The summed E-state index contributed by atoms with van der Waals surface area (Å²) in [4.78, 5) is 2.46. The number of ether oxygens (including phenoxy) is 2. The van der Waals surface area contributed by atoms with Gasteiger partial charge in [0.1, 0.15) is 0 Å². The van der Waals surface area contributed by atoms with Crippen molar-refractivity contribution in [3.05, 3.63) is 0 Å². The van der Waals surface area contributed by atoms with Gasteiger partial charge < -0.3 is 15.2 Å². The molecule has 0 saturated carbocycles. The van der Waals surface area contributed by atoms with Gasteiger partial charge in [0.25, 0.3) is 0 Å². The molecular weight excluding hydrogens is 224 g/mol. The Labute approximate surface area is 103 Å². The van der Waals surface area contributed by atoms with Crippen LogP contribution in [-0.4, -0.2) is 62.1 Å². The highest BCUT2D eigenvalue weighted by atomic mass is 32.2. The van der Waals surface area contributed by atoms with E-state index in [1.54, 1.807) is 14.2 Å². The maximum atomic E-state index is 5.85. The molecule has 1 saturated heterocycles. The van der Waals surface area contributed by atoms with Crippen LogP contribution in [0.3, 0.4) is 0 Å². The van der Waals surface area contributed by atoms with Gasteiger partial charge in [0, 0.05) is 57.3 Å². The molecule has 5 heteroatoms. The highest BCUT2D eigenvalue weighted by molar-refractivity contribution is 7.99. The van der Waals surface area contributed by atoms with Crippen LogP contribution in [0.15, 0.2) is 0 Å². The van der Waals surface area contributed by atoms with E-state index in [0.29, 0.717) is 17.8 Å². The van der Waals surface area contributed by atoms with Crippen molar-refractivity contribution in [1.82, 2.24) is 4.90 Å². The SMILES string of the molecule is COC(CC(CN)N1CCSC(C)C1)OC. The summed E-state index contributed by atoms with van der Waals surface area (Å²) in [5, 5.41) is 0.700. The average Bonchev–Trinajstić information content (AvgIpc) is 2.31. The summed E-state index contributed by atoms with van der Waals surface area (Å²) in [6.45, 7) is 5.18. The van der Waals surface area contributed by atoms with Gasteiger partial charge in [-0.25, -0.2) is 0 Å². The first kappa shape index (κ1) is 14.3. The first-order valence-corrected chi connectivity index (χ1v) is 6.87. The number of rotatable bonds is 6. The highest BCUT2D eigenvalue weighted by Gasteiger charge is 2.25. The molecule has 2 unspecified atom stereocenters. The second-order valence-electron chi connectivity index (χ2n) is 4.20. The van der Waals surface area contributed by atoms with Crippen LogP contribution in [0.2, 0.25) is 0 Å². The molecule has 16 heavy (non-hydrogen) atoms. The number of hydrogen-bond acceptors (Lipinski definition) is 5. The van der Waals surface area contributed by atoms with Gasteiger partial charge in [-0.1, -0.05) is 6.92 Å². The van der Waals surface area contributed by atoms with E-state index in [1.165, 1.54) is 5.75 Å². The number of hydrogen-bond donors (Lipinski definition) is 1. The molecule has 1 aliphatic heterocycles. The van der Waals surface area contributed by atoms with Crippen molar-refractivity contribution in [2.24, 2.45) is 5.73 Å². The minimum atomic E-state index is -0.140. The zero-order valence-electron chi connectivity index (χ0n) is 10.5. The van der Waals surface area contributed by atoms with Gasteiger partial charge in [-0.05, 0) is 0 Å². The molecule has 1 heterocycles. The van der Waals surface area contributed by atoms with Crippen LogP contribution in [-0.2, 0) is 9.47 Å². The van der Waals surface area contributed by atoms with Gasteiger partial charge >= 0.3 is 0 Å². The van der Waals surface area contributed by atoms with E-state index in [-0.39, 0.29) is 6.29 Å². The van der Waals surface area contributed by atoms with Crippen molar-refractivity contribution in [2.45, 2.75) is 30.9 Å². The molecule has 0 spiro atoms. The minimum Gasteiger partial charge on any atom is -0.356 e. The van der Waals surface area contributed by atoms with E-state index in [2.05, 4.69) is 11.8 Å². The van der Waals surface area contributed by atoms with Gasteiger partial charge in [-0.3, -0.25) is 4.90 Å². The summed E-state index contributed by atoms with van der Waals surface area (Å²) in [6, 6.07) is 0.369. The minimum absolute atomic E-state index is 0.140. The fourth-order valence-electron chi connectivity index (χ4n) is 2.08. The van der Waals surface area contributed by atoms with Gasteiger partial charge in [-0.15, -0.1) is 0 Å². The zero-order valence-corrected chi connectivity index (χ0v) is 11.3. The Hall–Kier alpha value is 0.190. The smallest absolute Gasteiger partial charge is 0.158 e. The third-order valence-electron chi connectivity index (χ3n) is 3.05. The summed E-state index contributed by atoms with van der Waals surface area (Å²) in [5.74, 6) is 1.20. The van der Waals surface area contributed by atoms with Crippen LogP contribution in [0, 0.1) is 0 Å². The first-order valence-electron chi connectivity index (χ1n) is 5.82. The van der Waals surface area contributed by atoms with Crippen molar-refractivity contribution < 1.29 is 9.47 Å². The Kier molecular flexibility index (Phi) is 6.68. The molecule has 96 valence electrons. The third-order valence-corrected chi connectivity index (χ3v) is 4.19. The fourth-order valence-corrected chi connectivity index (χ4v) is 3.12. The number of thioether (sulfide) groups is 1. The van der Waals surface area contributed by atoms with Crippen LogP contribution in [0.5, 0.6) is 0 Å². The van der Waals surface area contributed by atoms with Gasteiger partial charge in [0.05, 0.1) is 0 Å². The van der Waals surface area contributed by atoms with E-state index in [4.69, 9.17) is 15.2 Å². The lowest BCUT2D eigenvalue weighted by Crippen LogP contribution is -2.48. The molecule has 0 aromatic carbocycles. The average molecular weight is 248 g/mol. The number of nitrogens with zero attached hydrogens (tertiary/aromatic N) is 1. The molecule has 2 atom stereocenters. The summed E-state index contributed by atoms with van der Waals surface area (Å²) in [7, 11) is 3.35. The molecule has 0 aliphatic carbocycles. The lowest BCUT2D eigenvalue weighted by molar-refractivity contribution is -0.116. The van der Waals surface area contributed by atoms with Gasteiger partial charge in [-0.2, -0.15) is 11.8 Å². The van der Waals surface area contributed by atoms with Crippen molar-refractivity contribution >= 4 is 11.8 Å². The second-order valence-corrected chi connectivity index (χ2v) is 5.75. The fraction of sp³-hybridized carbons (Fsp3) is 1.00. The largest absolute Gasteiger partial charge is 0.356 e. The number of methoxy groups -OCH3 is 2. The van der Waals surface area contributed by atoms with Crippen LogP contribution in [0.4, 0.5) is 0 Å². The summed E-state index contributed by atoms with van der Waals surface area (Å²) < 4.78 is 10.5. The third kappa shape index (κ3) is 4.22. The molecule has 0 aromatic rings. The molecule has 0 bridgehead atoms. The van der Waals surface area contributed by atoms with E-state index < -0.39 is 0 Å². The topological polar surface area (TPSA) is 47.7 Å². The molecule has 2 N–H and O–H groups in total. The van der Waals surface area contributed by atoms with Crippen molar-refractivity contribution in [2.75, 3.05) is 39.6 Å². The van der Waals surface area contributed by atoms with E-state index in [1.807, 2.05) is 11.8 Å². The molecule has 4 nitrogen and oxygen atoms in total. The second kappa shape index (κ2) is 7.50. The lowest BCUT2D eigenvalue weighted by atomic mass is 10.1. The predicted molar refractivity (Wildman–Crippen MR) is 68.8 cm³/mol. The monoisotopic (exact) mass is 248 g/mol. The molecule has 1 aliphatic rings. The zero-order chi connectivity index (χ0) is 12.0. The van der Waals surface area contributed by atoms with Crippen molar-refractivity contribution in [1.29, 1.82) is 0 Å². The normalized spacial score (nSPS) is 24.9. The maximum absolute atomic E-state index is 5.85. The Balaban J connectivity index is 2.45. The number of nitrogens with two attached hydrogens (primary N) is 1. The molecule has 1 fully saturated rings. The molecule has 1 rings (SSSR count). The maximum Gasteiger partial charge on any atom is 0.158 e. The van der Waals surface area contributed by atoms with Gasteiger partial charge in [0.15, 0.2) is 6.29 Å². The van der Waals surface area contributed by atoms with Crippen molar-refractivity contribution in [3.63, 3.8) is 0 Å². The lowest BCUT2D eigenvalue weighted by Gasteiger charge is -2.37. The molecule has 0 amide bonds. The van der Waals surface area contributed by atoms with Crippen LogP contribution in [0.1, 0.15) is 13.3 Å². The molecule has 0 radical (unpaired) electrons. The molecule has 0 aromatic heterocycles. The quantitative estimate of drug-likeness (QED) is 0.703. The Morgan fingerprint density at radius 3 is 2.62 bits per heavy atom. The van der Waals surface area contributed by atoms with Gasteiger partial charge in [0.2, 0.25) is 0 Å². The predicted octanol–water partition coefficient (Wildman–Crippen LogP) is 0.760. The Bertz CT molecular complexity index is 191. The Morgan fingerprint density at radius 2 is 2.12 bits per heavy atom. The summed E-state index contributed by atoms with van der Waals surface area (Å²) in [5.41, 5.74) is 5.85. The van der Waals surface area contributed by atoms with E-state index in [9.17, 15) is 0 Å². The standard InChI is InChI=1S/C11H24N2O2S/c1-9-8-13(4-5-16-9)10(7-12)6-11(14-2)15-3/h9-11H,4-8,12H2,1-3H3. The summed E-state index contributed by atoms with van der Waals surface area (Å²) in [6.07, 6.45) is 0.708. The molecular formula is C11H24N2O2S. The van der Waals surface area contributed by atoms with Crippen LogP contribution in [0.25, 0.3) is 0 Å². The summed E-state index contributed by atoms with van der Waals surface area (Å²) >= 11 is 2.04. The van der Waals surface area contributed by atoms with Crippen LogP contribution >= 0.6 is 11.8 Å². The Morgan fingerprint density at radius 1 is 1.44 bits per heavy atom. The van der Waals surface area contributed by atoms with Crippen molar-refractivity contribution in [3.8, 4) is 0 Å². The highest BCUT2D eigenvalue weighted by Crippen LogP contribution is 2.21.